The highest BCUT2D eigenvalue weighted by atomic mass is 32.1. The fourth-order valence-corrected chi connectivity index (χ4v) is 7.39. The predicted molar refractivity (Wildman–Crippen MR) is 211 cm³/mol. The number of aromatic nitrogens is 3. The number of carbonyl (C=O) groups excluding carboxylic acids is 3. The first-order valence-corrected chi connectivity index (χ1v) is 18.9. The van der Waals surface area contributed by atoms with E-state index in [1.807, 2.05) is 38.1 Å². The van der Waals surface area contributed by atoms with E-state index in [1.165, 1.54) is 11.0 Å². The molecular formula is C41H44FN7O6S. The molecule has 2 aromatic heterocycles. The second-order valence-electron chi connectivity index (χ2n) is 14.9. The summed E-state index contributed by atoms with van der Waals surface area (Å²) in [5.74, 6) is -1.69. The van der Waals surface area contributed by atoms with E-state index in [0.29, 0.717) is 16.9 Å². The molecule has 3 aromatic carbocycles. The summed E-state index contributed by atoms with van der Waals surface area (Å²) in [5.41, 5.74) is 11.5. The standard InChI is InChI=1S/C41H44FN7O6S/c1-22(24-6-8-26(9-7-24)36-23(2)44-21-56-36)45-39(53)33-17-28(50)19-49(33)40(54)37(41(3,4)5)46-35(52)20-55-29-13-10-25(11-14-29)30-18-32(47-48-38(30)43)31-16-27(42)12-15-34(31)51/h6-16,18,21-22,28,33,37,50-51H,17,19-20H2,1-5H3,(H2,43,48)(H,45,53)(H,46,52)/t22?,28-,33+,37?/m1/s1. The zero-order valence-corrected chi connectivity index (χ0v) is 32.4. The Balaban J connectivity index is 1.08. The summed E-state index contributed by atoms with van der Waals surface area (Å²) in [5, 5.41) is 34.6. The van der Waals surface area contributed by atoms with Crippen molar-refractivity contribution in [1.82, 2.24) is 30.7 Å². The second-order valence-corrected chi connectivity index (χ2v) is 15.7. The van der Waals surface area contributed by atoms with Crippen molar-refractivity contribution in [1.29, 1.82) is 0 Å². The number of likely N-dealkylation sites (tertiary alicyclic amines) is 1. The summed E-state index contributed by atoms with van der Waals surface area (Å²) >= 11 is 1.56. The van der Waals surface area contributed by atoms with E-state index < -0.39 is 53.7 Å². The molecule has 292 valence electrons. The number of benzene rings is 3. The minimum Gasteiger partial charge on any atom is -0.507 e. The van der Waals surface area contributed by atoms with Crippen LogP contribution in [0.2, 0.25) is 0 Å². The van der Waals surface area contributed by atoms with Gasteiger partial charge in [0, 0.05) is 24.1 Å². The average Bonchev–Trinajstić information content (AvgIpc) is 3.79. The molecule has 13 nitrogen and oxygen atoms in total. The van der Waals surface area contributed by atoms with Crippen molar-refractivity contribution in [3.63, 3.8) is 0 Å². The Hall–Kier alpha value is -5.93. The summed E-state index contributed by atoms with van der Waals surface area (Å²) in [6, 6.07) is 17.3. The van der Waals surface area contributed by atoms with Crippen LogP contribution in [0.25, 0.3) is 32.8 Å². The lowest BCUT2D eigenvalue weighted by molar-refractivity contribution is -0.144. The molecule has 3 heterocycles. The van der Waals surface area contributed by atoms with Crippen molar-refractivity contribution < 1.29 is 33.7 Å². The fraction of sp³-hybridized carbons (Fsp3) is 0.317. The summed E-state index contributed by atoms with van der Waals surface area (Å²) in [4.78, 5) is 47.7. The molecule has 56 heavy (non-hydrogen) atoms. The molecule has 15 heteroatoms. The Morgan fingerprint density at radius 1 is 1.00 bits per heavy atom. The van der Waals surface area contributed by atoms with Crippen molar-refractivity contribution in [3.05, 3.63) is 95.4 Å². The van der Waals surface area contributed by atoms with Gasteiger partial charge in [-0.3, -0.25) is 14.4 Å². The zero-order valence-electron chi connectivity index (χ0n) is 31.6. The molecule has 0 saturated carbocycles. The van der Waals surface area contributed by atoms with E-state index in [9.17, 15) is 29.0 Å². The summed E-state index contributed by atoms with van der Waals surface area (Å²) in [6.45, 7) is 8.76. The van der Waals surface area contributed by atoms with E-state index in [0.717, 1.165) is 33.8 Å². The molecule has 0 aliphatic carbocycles. The molecule has 4 atom stereocenters. The van der Waals surface area contributed by atoms with Gasteiger partial charge in [0.25, 0.3) is 5.91 Å². The number of aliphatic hydroxyl groups is 1. The Kier molecular flexibility index (Phi) is 11.7. The van der Waals surface area contributed by atoms with Crippen LogP contribution < -0.4 is 21.1 Å². The number of hydrogen-bond donors (Lipinski definition) is 5. The third-order valence-corrected chi connectivity index (χ3v) is 10.6. The van der Waals surface area contributed by atoms with E-state index in [-0.39, 0.29) is 41.8 Å². The van der Waals surface area contributed by atoms with Gasteiger partial charge in [0.15, 0.2) is 12.4 Å². The van der Waals surface area contributed by atoms with Gasteiger partial charge in [0.2, 0.25) is 11.8 Å². The SMILES string of the molecule is Cc1ncsc1-c1ccc(C(C)NC(=O)[C@@H]2C[C@@H](O)CN2C(=O)C(NC(=O)COc2ccc(-c3cc(-c4cc(F)ccc4O)nnc3N)cc2)C(C)(C)C)cc1. The number of nitrogens with one attached hydrogen (secondary N) is 2. The number of anilines is 1. The van der Waals surface area contributed by atoms with Crippen molar-refractivity contribution in [2.45, 2.75) is 65.3 Å². The number of rotatable bonds is 11. The summed E-state index contributed by atoms with van der Waals surface area (Å²) < 4.78 is 19.6. The highest BCUT2D eigenvalue weighted by molar-refractivity contribution is 7.13. The number of β-amino-alcohol motifs (C(OH)–C–C–N with tert-alkyl or cyclic N) is 1. The van der Waals surface area contributed by atoms with Gasteiger partial charge in [-0.25, -0.2) is 9.37 Å². The Bertz CT molecular complexity index is 2230. The number of phenolic OH excluding ortho intramolecular Hbond substituents is 1. The fourth-order valence-electron chi connectivity index (χ4n) is 6.58. The van der Waals surface area contributed by atoms with Crippen LogP contribution in [-0.2, 0) is 14.4 Å². The molecule has 1 aliphatic rings. The third-order valence-electron chi connectivity index (χ3n) is 9.65. The lowest BCUT2D eigenvalue weighted by atomic mass is 9.85. The molecule has 1 aliphatic heterocycles. The van der Waals surface area contributed by atoms with Crippen LogP contribution in [0, 0.1) is 18.2 Å². The number of aromatic hydroxyl groups is 1. The van der Waals surface area contributed by atoms with Gasteiger partial charge in [0.05, 0.1) is 33.9 Å². The molecule has 1 fully saturated rings. The molecule has 6 rings (SSSR count). The van der Waals surface area contributed by atoms with Crippen LogP contribution in [0.3, 0.4) is 0 Å². The van der Waals surface area contributed by atoms with Gasteiger partial charge in [-0.05, 0) is 72.4 Å². The van der Waals surface area contributed by atoms with Crippen LogP contribution in [0.15, 0.2) is 78.3 Å². The second kappa shape index (κ2) is 16.4. The number of thiazole rings is 1. The number of phenols is 1. The van der Waals surface area contributed by atoms with Gasteiger partial charge in [-0.1, -0.05) is 57.2 Å². The number of nitrogens with zero attached hydrogens (tertiary/aromatic N) is 4. The molecule has 0 radical (unpaired) electrons. The average molecular weight is 782 g/mol. The number of aliphatic hydroxyl groups excluding tert-OH is 1. The quantitative estimate of drug-likeness (QED) is 0.116. The first-order valence-electron chi connectivity index (χ1n) is 18.0. The number of carbonyl (C=O) groups is 3. The van der Waals surface area contributed by atoms with E-state index in [1.54, 1.807) is 68.0 Å². The first kappa shape index (κ1) is 39.8. The number of nitrogen functional groups attached to an aromatic ring is 1. The first-order chi connectivity index (χ1) is 26.6. The third kappa shape index (κ3) is 8.95. The maximum absolute atomic E-state index is 14.1. The van der Waals surface area contributed by atoms with Crippen LogP contribution in [-0.4, -0.2) is 79.4 Å². The van der Waals surface area contributed by atoms with E-state index >= 15 is 0 Å². The molecule has 6 N–H and O–H groups in total. The van der Waals surface area contributed by atoms with Crippen molar-refractivity contribution >= 4 is 34.9 Å². The monoisotopic (exact) mass is 781 g/mol. The van der Waals surface area contributed by atoms with Gasteiger partial charge in [-0.15, -0.1) is 21.5 Å². The van der Waals surface area contributed by atoms with E-state index in [4.69, 9.17) is 10.5 Å². The molecule has 2 unspecified atom stereocenters. The van der Waals surface area contributed by atoms with Gasteiger partial charge in [-0.2, -0.15) is 0 Å². The summed E-state index contributed by atoms with van der Waals surface area (Å²) in [6.07, 6.45) is -0.846. The molecule has 5 aromatic rings. The summed E-state index contributed by atoms with van der Waals surface area (Å²) in [7, 11) is 0. The number of hydrogen-bond acceptors (Lipinski definition) is 11. The van der Waals surface area contributed by atoms with E-state index in [2.05, 4.69) is 25.8 Å². The van der Waals surface area contributed by atoms with Crippen molar-refractivity contribution in [3.8, 4) is 44.3 Å². The topological polar surface area (TPSA) is 193 Å². The Labute approximate surface area is 327 Å². The smallest absolute Gasteiger partial charge is 0.258 e. The molecule has 0 spiro atoms. The van der Waals surface area contributed by atoms with Crippen LogP contribution >= 0.6 is 11.3 Å². The highest BCUT2D eigenvalue weighted by Crippen LogP contribution is 2.34. The van der Waals surface area contributed by atoms with Crippen molar-refractivity contribution in [2.75, 3.05) is 18.9 Å². The normalized spacial score (nSPS) is 16.6. The molecular weight excluding hydrogens is 738 g/mol. The predicted octanol–water partition coefficient (Wildman–Crippen LogP) is 5.42. The molecule has 0 bridgehead atoms. The molecule has 3 amide bonds. The Morgan fingerprint density at radius 3 is 2.36 bits per heavy atom. The Morgan fingerprint density at radius 2 is 1.70 bits per heavy atom. The highest BCUT2D eigenvalue weighted by Gasteiger charge is 2.44. The maximum Gasteiger partial charge on any atom is 0.258 e. The van der Waals surface area contributed by atoms with Gasteiger partial charge < -0.3 is 36.2 Å². The zero-order chi connectivity index (χ0) is 40.3. The van der Waals surface area contributed by atoms with Crippen LogP contribution in [0.4, 0.5) is 10.2 Å². The van der Waals surface area contributed by atoms with Gasteiger partial charge in [0.1, 0.15) is 29.4 Å². The minimum absolute atomic E-state index is 0.0537. The van der Waals surface area contributed by atoms with Crippen LogP contribution in [0.5, 0.6) is 11.5 Å². The maximum atomic E-state index is 14.1. The number of halogens is 1. The van der Waals surface area contributed by atoms with Gasteiger partial charge >= 0.3 is 0 Å². The number of aryl methyl sites for hydroxylation is 1. The number of ether oxygens (including phenoxy) is 1. The lowest BCUT2D eigenvalue weighted by Crippen LogP contribution is -2.58. The number of amides is 3. The molecule has 1 saturated heterocycles. The van der Waals surface area contributed by atoms with Crippen molar-refractivity contribution in [2.24, 2.45) is 5.41 Å². The lowest BCUT2D eigenvalue weighted by Gasteiger charge is -2.35. The number of nitrogens with two attached hydrogens (primary N) is 1. The largest absolute Gasteiger partial charge is 0.507 e. The van der Waals surface area contributed by atoms with Crippen LogP contribution in [0.1, 0.15) is 51.4 Å². The minimum atomic E-state index is -1.03.